The average Bonchev–Trinajstić information content (AvgIpc) is 2.68. The van der Waals surface area contributed by atoms with Crippen LogP contribution in [0.4, 0.5) is 5.69 Å². The van der Waals surface area contributed by atoms with E-state index in [1.165, 1.54) is 0 Å². The predicted octanol–water partition coefficient (Wildman–Crippen LogP) is 4.73. The number of anilines is 1. The summed E-state index contributed by atoms with van der Waals surface area (Å²) in [6.07, 6.45) is 3.50. The van der Waals surface area contributed by atoms with Crippen LogP contribution in [0.3, 0.4) is 0 Å². The Kier molecular flexibility index (Phi) is 7.45. The first-order valence-corrected chi connectivity index (χ1v) is 8.88. The summed E-state index contributed by atoms with van der Waals surface area (Å²) in [5.74, 6) is 0.762. The fraction of sp³-hybridized carbons (Fsp3) is 0.273. The molecular formula is C22H24N2O3. The number of unbranched alkanes of at least 4 members (excludes halogenated alkanes) is 1. The van der Waals surface area contributed by atoms with Gasteiger partial charge in [-0.05, 0) is 48.7 Å². The Labute approximate surface area is 160 Å². The number of hydrogen-bond acceptors (Lipinski definition) is 4. The smallest absolute Gasteiger partial charge is 0.266 e. The quantitative estimate of drug-likeness (QED) is 0.418. The number of carbonyl (C=O) groups is 1. The average molecular weight is 364 g/mol. The van der Waals surface area contributed by atoms with E-state index in [2.05, 4.69) is 12.2 Å². The second kappa shape index (κ2) is 10.0. The van der Waals surface area contributed by atoms with Crippen molar-refractivity contribution < 1.29 is 14.3 Å². The molecule has 5 heteroatoms. The minimum Gasteiger partial charge on any atom is -0.493 e. The minimum absolute atomic E-state index is 0.0166. The van der Waals surface area contributed by atoms with Crippen molar-refractivity contribution in [3.8, 4) is 17.6 Å². The Hall–Kier alpha value is -3.26. The van der Waals surface area contributed by atoms with Crippen molar-refractivity contribution in [3.63, 3.8) is 0 Å². The maximum absolute atomic E-state index is 12.5. The third kappa shape index (κ3) is 5.61. The van der Waals surface area contributed by atoms with Crippen molar-refractivity contribution in [1.82, 2.24) is 0 Å². The first kappa shape index (κ1) is 20.1. The van der Waals surface area contributed by atoms with Gasteiger partial charge in [0.2, 0.25) is 0 Å². The molecule has 0 spiro atoms. The SMILES string of the molecule is CCCCOc1cc(/C=C(\C#N)C(=O)Nc2ccccc2C)ccc1OC. The highest BCUT2D eigenvalue weighted by Gasteiger charge is 2.12. The lowest BCUT2D eigenvalue weighted by molar-refractivity contribution is -0.112. The number of para-hydroxylation sites is 1. The number of nitrogens with one attached hydrogen (secondary N) is 1. The highest BCUT2D eigenvalue weighted by Crippen LogP contribution is 2.29. The zero-order valence-corrected chi connectivity index (χ0v) is 15.9. The van der Waals surface area contributed by atoms with E-state index < -0.39 is 5.91 Å². The van der Waals surface area contributed by atoms with Gasteiger partial charge in [-0.15, -0.1) is 0 Å². The Morgan fingerprint density at radius 2 is 2.00 bits per heavy atom. The molecule has 0 bridgehead atoms. The van der Waals surface area contributed by atoms with Gasteiger partial charge in [-0.1, -0.05) is 37.6 Å². The molecule has 27 heavy (non-hydrogen) atoms. The number of carbonyl (C=O) groups excluding carboxylic acids is 1. The second-order valence-electron chi connectivity index (χ2n) is 6.05. The van der Waals surface area contributed by atoms with Crippen LogP contribution in [-0.2, 0) is 4.79 Å². The molecule has 2 aromatic rings. The molecule has 0 radical (unpaired) electrons. The summed E-state index contributed by atoms with van der Waals surface area (Å²) >= 11 is 0. The standard InChI is InChI=1S/C22H24N2O3/c1-4-5-12-27-21-14-17(10-11-20(21)26-3)13-18(15-23)22(25)24-19-9-7-6-8-16(19)2/h6-11,13-14H,4-5,12H2,1-3H3,(H,24,25)/b18-13+. The van der Waals surface area contributed by atoms with Crippen molar-refractivity contribution in [2.24, 2.45) is 0 Å². The number of nitrogens with zero attached hydrogens (tertiary/aromatic N) is 1. The van der Waals surface area contributed by atoms with Crippen molar-refractivity contribution in [1.29, 1.82) is 5.26 Å². The number of aryl methyl sites for hydroxylation is 1. The highest BCUT2D eigenvalue weighted by atomic mass is 16.5. The van der Waals surface area contributed by atoms with Crippen molar-refractivity contribution in [2.75, 3.05) is 19.0 Å². The lowest BCUT2D eigenvalue weighted by Crippen LogP contribution is -2.14. The van der Waals surface area contributed by atoms with Gasteiger partial charge in [0.25, 0.3) is 5.91 Å². The molecule has 140 valence electrons. The summed E-state index contributed by atoms with van der Waals surface area (Å²) in [5, 5.41) is 12.2. The van der Waals surface area contributed by atoms with E-state index in [1.807, 2.05) is 31.2 Å². The summed E-state index contributed by atoms with van der Waals surface area (Å²) in [6, 6.07) is 14.7. The summed E-state index contributed by atoms with van der Waals surface area (Å²) < 4.78 is 11.1. The molecule has 1 amide bonds. The van der Waals surface area contributed by atoms with Crippen LogP contribution < -0.4 is 14.8 Å². The normalized spacial score (nSPS) is 10.8. The number of amides is 1. The second-order valence-corrected chi connectivity index (χ2v) is 6.05. The maximum atomic E-state index is 12.5. The molecule has 0 fully saturated rings. The molecule has 0 heterocycles. The topological polar surface area (TPSA) is 71.3 Å². The number of ether oxygens (including phenoxy) is 2. The predicted molar refractivity (Wildman–Crippen MR) is 107 cm³/mol. The summed E-state index contributed by atoms with van der Waals surface area (Å²) in [7, 11) is 1.58. The van der Waals surface area contributed by atoms with E-state index in [-0.39, 0.29) is 5.57 Å². The van der Waals surface area contributed by atoms with E-state index in [0.29, 0.717) is 29.4 Å². The van der Waals surface area contributed by atoms with Crippen LogP contribution >= 0.6 is 0 Å². The van der Waals surface area contributed by atoms with Gasteiger partial charge in [-0.2, -0.15) is 5.26 Å². The van der Waals surface area contributed by atoms with Gasteiger partial charge in [0.15, 0.2) is 11.5 Å². The minimum atomic E-state index is -0.448. The van der Waals surface area contributed by atoms with Crippen molar-refractivity contribution in [3.05, 3.63) is 59.2 Å². The zero-order chi connectivity index (χ0) is 19.6. The molecule has 1 N–H and O–H groups in total. The van der Waals surface area contributed by atoms with E-state index in [1.54, 1.807) is 37.5 Å². The third-order valence-electron chi connectivity index (χ3n) is 4.01. The van der Waals surface area contributed by atoms with Gasteiger partial charge in [0.05, 0.1) is 13.7 Å². The Morgan fingerprint density at radius 3 is 2.67 bits per heavy atom. The number of nitriles is 1. The number of methoxy groups -OCH3 is 1. The van der Waals surface area contributed by atoms with Gasteiger partial charge >= 0.3 is 0 Å². The summed E-state index contributed by atoms with van der Waals surface area (Å²) in [4.78, 5) is 12.5. The van der Waals surface area contributed by atoms with Gasteiger partial charge in [-0.3, -0.25) is 4.79 Å². The molecule has 0 aromatic heterocycles. The zero-order valence-electron chi connectivity index (χ0n) is 15.9. The molecule has 0 atom stereocenters. The number of benzene rings is 2. The number of hydrogen-bond donors (Lipinski definition) is 1. The van der Waals surface area contributed by atoms with Crippen LogP contribution in [0.15, 0.2) is 48.0 Å². The molecule has 0 aliphatic carbocycles. The van der Waals surface area contributed by atoms with Gasteiger partial charge in [-0.25, -0.2) is 0 Å². The highest BCUT2D eigenvalue weighted by molar-refractivity contribution is 6.10. The van der Waals surface area contributed by atoms with E-state index in [0.717, 1.165) is 18.4 Å². The van der Waals surface area contributed by atoms with Crippen LogP contribution in [0, 0.1) is 18.3 Å². The number of rotatable bonds is 8. The lowest BCUT2D eigenvalue weighted by Gasteiger charge is -2.11. The molecule has 0 saturated carbocycles. The molecule has 2 aromatic carbocycles. The third-order valence-corrected chi connectivity index (χ3v) is 4.01. The molecule has 2 rings (SSSR count). The van der Waals surface area contributed by atoms with Gasteiger partial charge < -0.3 is 14.8 Å². The molecule has 0 unspecified atom stereocenters. The molecule has 0 saturated heterocycles. The van der Waals surface area contributed by atoms with E-state index in [9.17, 15) is 10.1 Å². The summed E-state index contributed by atoms with van der Waals surface area (Å²) in [5.41, 5.74) is 2.32. The Morgan fingerprint density at radius 1 is 1.22 bits per heavy atom. The molecule has 5 nitrogen and oxygen atoms in total. The van der Waals surface area contributed by atoms with Crippen molar-refractivity contribution in [2.45, 2.75) is 26.7 Å². The lowest BCUT2D eigenvalue weighted by atomic mass is 10.1. The first-order valence-electron chi connectivity index (χ1n) is 8.88. The van der Waals surface area contributed by atoms with Gasteiger partial charge in [0.1, 0.15) is 11.6 Å². The fourth-order valence-electron chi connectivity index (χ4n) is 2.44. The van der Waals surface area contributed by atoms with Crippen LogP contribution in [0.5, 0.6) is 11.5 Å². The Balaban J connectivity index is 2.23. The maximum Gasteiger partial charge on any atom is 0.266 e. The molecule has 0 aliphatic rings. The van der Waals surface area contributed by atoms with Crippen LogP contribution in [0.25, 0.3) is 6.08 Å². The fourth-order valence-corrected chi connectivity index (χ4v) is 2.44. The summed E-state index contributed by atoms with van der Waals surface area (Å²) in [6.45, 7) is 4.57. The Bertz CT molecular complexity index is 866. The van der Waals surface area contributed by atoms with Gasteiger partial charge in [0, 0.05) is 5.69 Å². The van der Waals surface area contributed by atoms with Crippen molar-refractivity contribution >= 4 is 17.7 Å². The van der Waals surface area contributed by atoms with Crippen LogP contribution in [0.2, 0.25) is 0 Å². The molecule has 0 aliphatic heterocycles. The van der Waals surface area contributed by atoms with Crippen LogP contribution in [-0.4, -0.2) is 19.6 Å². The van der Waals surface area contributed by atoms with Crippen LogP contribution in [0.1, 0.15) is 30.9 Å². The largest absolute Gasteiger partial charge is 0.493 e. The van der Waals surface area contributed by atoms with E-state index >= 15 is 0 Å². The van der Waals surface area contributed by atoms with E-state index in [4.69, 9.17) is 9.47 Å². The monoisotopic (exact) mass is 364 g/mol. The molecular weight excluding hydrogens is 340 g/mol. The first-order chi connectivity index (χ1) is 13.1.